The van der Waals surface area contributed by atoms with E-state index in [0.29, 0.717) is 12.0 Å². The highest BCUT2D eigenvalue weighted by atomic mass is 16.3. The van der Waals surface area contributed by atoms with Gasteiger partial charge in [0.1, 0.15) is 5.82 Å². The Kier molecular flexibility index (Phi) is 6.29. The van der Waals surface area contributed by atoms with Crippen LogP contribution in [0.1, 0.15) is 37.6 Å². The van der Waals surface area contributed by atoms with Crippen molar-refractivity contribution >= 4 is 11.7 Å². The molecule has 5 heteroatoms. The van der Waals surface area contributed by atoms with Gasteiger partial charge in [-0.2, -0.15) is 0 Å². The Morgan fingerprint density at radius 2 is 2.11 bits per heavy atom. The molecule has 0 fully saturated rings. The smallest absolute Gasteiger partial charge is 0.253 e. The summed E-state index contributed by atoms with van der Waals surface area (Å²) in [6.45, 7) is 7.86. The number of hydrogen-bond donors (Lipinski definition) is 2. The van der Waals surface area contributed by atoms with E-state index in [9.17, 15) is 4.79 Å². The number of amides is 1. The van der Waals surface area contributed by atoms with Crippen LogP contribution in [0.4, 0.5) is 5.82 Å². The molecule has 0 radical (unpaired) electrons. The van der Waals surface area contributed by atoms with E-state index in [-0.39, 0.29) is 18.6 Å². The van der Waals surface area contributed by atoms with Crippen LogP contribution in [0.2, 0.25) is 0 Å². The summed E-state index contributed by atoms with van der Waals surface area (Å²) in [5.74, 6) is 0.726. The molecule has 106 valence electrons. The second-order valence-corrected chi connectivity index (χ2v) is 4.46. The number of nitrogens with zero attached hydrogens (tertiary/aromatic N) is 2. The first kappa shape index (κ1) is 15.4. The molecule has 0 aliphatic rings. The number of rotatable bonds is 7. The molecule has 2 N–H and O–H groups in total. The number of anilines is 1. The van der Waals surface area contributed by atoms with Crippen molar-refractivity contribution in [3.8, 4) is 0 Å². The molecule has 1 heterocycles. The Morgan fingerprint density at radius 3 is 2.58 bits per heavy atom. The van der Waals surface area contributed by atoms with Gasteiger partial charge in [-0.05, 0) is 39.3 Å². The molecule has 1 unspecified atom stereocenters. The lowest BCUT2D eigenvalue weighted by molar-refractivity contribution is 0.0934. The number of aromatic nitrogens is 1. The SMILES string of the molecule is CCN(CC)c1ccc(C(=O)NC(C)CCO)cn1. The van der Waals surface area contributed by atoms with Crippen LogP contribution in [0.3, 0.4) is 0 Å². The number of carbonyl (C=O) groups excluding carboxylic acids is 1. The number of hydrogen-bond acceptors (Lipinski definition) is 4. The fraction of sp³-hybridized carbons (Fsp3) is 0.571. The van der Waals surface area contributed by atoms with E-state index < -0.39 is 0 Å². The number of aliphatic hydroxyl groups excluding tert-OH is 1. The van der Waals surface area contributed by atoms with E-state index in [4.69, 9.17) is 5.11 Å². The van der Waals surface area contributed by atoms with Gasteiger partial charge in [0.05, 0.1) is 5.56 Å². The molecule has 0 aliphatic carbocycles. The van der Waals surface area contributed by atoms with Gasteiger partial charge in [-0.3, -0.25) is 4.79 Å². The molecule has 0 bridgehead atoms. The lowest BCUT2D eigenvalue weighted by atomic mass is 10.2. The fourth-order valence-corrected chi connectivity index (χ4v) is 1.83. The summed E-state index contributed by atoms with van der Waals surface area (Å²) in [6.07, 6.45) is 2.14. The van der Waals surface area contributed by atoms with Crippen molar-refractivity contribution in [3.05, 3.63) is 23.9 Å². The molecular formula is C14H23N3O2. The minimum Gasteiger partial charge on any atom is -0.396 e. The van der Waals surface area contributed by atoms with Gasteiger partial charge >= 0.3 is 0 Å². The normalized spacial score (nSPS) is 12.0. The van der Waals surface area contributed by atoms with Crippen LogP contribution in [0.5, 0.6) is 0 Å². The van der Waals surface area contributed by atoms with Crippen molar-refractivity contribution in [2.45, 2.75) is 33.2 Å². The van der Waals surface area contributed by atoms with Gasteiger partial charge in [-0.25, -0.2) is 4.98 Å². The van der Waals surface area contributed by atoms with E-state index >= 15 is 0 Å². The van der Waals surface area contributed by atoms with Gasteiger partial charge in [0.2, 0.25) is 0 Å². The minimum absolute atomic E-state index is 0.0417. The fourth-order valence-electron chi connectivity index (χ4n) is 1.83. The van der Waals surface area contributed by atoms with Crippen LogP contribution in [0.15, 0.2) is 18.3 Å². The molecule has 1 rings (SSSR count). The van der Waals surface area contributed by atoms with Crippen molar-refractivity contribution in [2.24, 2.45) is 0 Å². The van der Waals surface area contributed by atoms with E-state index in [1.165, 1.54) is 0 Å². The summed E-state index contributed by atoms with van der Waals surface area (Å²) in [4.78, 5) is 18.3. The van der Waals surface area contributed by atoms with Crippen LogP contribution in [0, 0.1) is 0 Å². The van der Waals surface area contributed by atoms with Gasteiger partial charge in [-0.1, -0.05) is 0 Å². The van der Waals surface area contributed by atoms with E-state index in [2.05, 4.69) is 29.0 Å². The molecule has 19 heavy (non-hydrogen) atoms. The molecule has 0 saturated carbocycles. The second-order valence-electron chi connectivity index (χ2n) is 4.46. The molecule has 1 atom stereocenters. The predicted octanol–water partition coefficient (Wildman–Crippen LogP) is 1.43. The predicted molar refractivity (Wildman–Crippen MR) is 76.4 cm³/mol. The highest BCUT2D eigenvalue weighted by Crippen LogP contribution is 2.11. The third kappa shape index (κ3) is 4.52. The Balaban J connectivity index is 2.67. The number of aliphatic hydroxyl groups is 1. The molecular weight excluding hydrogens is 242 g/mol. The van der Waals surface area contributed by atoms with E-state index in [1.807, 2.05) is 13.0 Å². The molecule has 0 spiro atoms. The van der Waals surface area contributed by atoms with Crippen LogP contribution in [0.25, 0.3) is 0 Å². The van der Waals surface area contributed by atoms with Crippen molar-refractivity contribution in [2.75, 3.05) is 24.6 Å². The first-order valence-electron chi connectivity index (χ1n) is 6.75. The molecule has 5 nitrogen and oxygen atoms in total. The summed E-state index contributed by atoms with van der Waals surface area (Å²) in [5, 5.41) is 11.6. The first-order valence-corrected chi connectivity index (χ1v) is 6.75. The standard InChI is InChI=1S/C14H23N3O2/c1-4-17(5-2)13-7-6-12(10-15-13)14(19)16-11(3)8-9-18/h6-7,10-11,18H,4-5,8-9H2,1-3H3,(H,16,19). The molecule has 0 aliphatic heterocycles. The molecule has 1 amide bonds. The van der Waals surface area contributed by atoms with Crippen LogP contribution < -0.4 is 10.2 Å². The zero-order valence-corrected chi connectivity index (χ0v) is 11.9. The Labute approximate surface area is 114 Å². The monoisotopic (exact) mass is 265 g/mol. The van der Waals surface area contributed by atoms with Crippen LogP contribution in [-0.4, -0.2) is 41.7 Å². The Hall–Kier alpha value is -1.62. The van der Waals surface area contributed by atoms with Crippen LogP contribution in [-0.2, 0) is 0 Å². The van der Waals surface area contributed by atoms with Crippen molar-refractivity contribution in [1.82, 2.24) is 10.3 Å². The number of nitrogens with one attached hydrogen (secondary N) is 1. The third-order valence-corrected chi connectivity index (χ3v) is 3.04. The second kappa shape index (κ2) is 7.74. The summed E-state index contributed by atoms with van der Waals surface area (Å²) in [7, 11) is 0. The summed E-state index contributed by atoms with van der Waals surface area (Å²) < 4.78 is 0. The lowest BCUT2D eigenvalue weighted by Crippen LogP contribution is -2.33. The number of carbonyl (C=O) groups is 1. The lowest BCUT2D eigenvalue weighted by Gasteiger charge is -2.19. The molecule has 0 saturated heterocycles. The van der Waals surface area contributed by atoms with Gasteiger partial charge in [-0.15, -0.1) is 0 Å². The topological polar surface area (TPSA) is 65.5 Å². The van der Waals surface area contributed by atoms with Crippen molar-refractivity contribution < 1.29 is 9.90 Å². The summed E-state index contributed by atoms with van der Waals surface area (Å²) in [5.41, 5.74) is 0.542. The van der Waals surface area contributed by atoms with Crippen molar-refractivity contribution in [1.29, 1.82) is 0 Å². The molecule has 1 aromatic heterocycles. The quantitative estimate of drug-likeness (QED) is 0.782. The highest BCUT2D eigenvalue weighted by molar-refractivity contribution is 5.94. The molecule has 0 aromatic carbocycles. The average molecular weight is 265 g/mol. The van der Waals surface area contributed by atoms with Crippen LogP contribution >= 0.6 is 0 Å². The van der Waals surface area contributed by atoms with E-state index in [0.717, 1.165) is 18.9 Å². The maximum absolute atomic E-state index is 11.9. The van der Waals surface area contributed by atoms with Crippen molar-refractivity contribution in [3.63, 3.8) is 0 Å². The van der Waals surface area contributed by atoms with Gasteiger partial charge in [0, 0.05) is 31.9 Å². The zero-order chi connectivity index (χ0) is 14.3. The Bertz CT molecular complexity index is 388. The largest absolute Gasteiger partial charge is 0.396 e. The highest BCUT2D eigenvalue weighted by Gasteiger charge is 2.10. The Morgan fingerprint density at radius 1 is 1.42 bits per heavy atom. The van der Waals surface area contributed by atoms with E-state index in [1.54, 1.807) is 12.3 Å². The first-order chi connectivity index (χ1) is 9.12. The minimum atomic E-state index is -0.153. The van der Waals surface area contributed by atoms with Gasteiger partial charge in [0.25, 0.3) is 5.91 Å². The number of pyridine rings is 1. The summed E-state index contributed by atoms with van der Waals surface area (Å²) in [6, 6.07) is 3.60. The maximum atomic E-state index is 11.9. The van der Waals surface area contributed by atoms with Gasteiger partial charge < -0.3 is 15.3 Å². The third-order valence-electron chi connectivity index (χ3n) is 3.04. The summed E-state index contributed by atoms with van der Waals surface area (Å²) >= 11 is 0. The zero-order valence-electron chi connectivity index (χ0n) is 11.9. The maximum Gasteiger partial charge on any atom is 0.253 e. The average Bonchev–Trinajstić information content (AvgIpc) is 2.41. The van der Waals surface area contributed by atoms with Gasteiger partial charge in [0.15, 0.2) is 0 Å². The molecule has 1 aromatic rings.